The Hall–Kier alpha value is -3.36. The highest BCUT2D eigenvalue weighted by atomic mass is 19.2. The van der Waals surface area contributed by atoms with Gasteiger partial charge < -0.3 is 9.64 Å². The van der Waals surface area contributed by atoms with Gasteiger partial charge in [-0.3, -0.25) is 9.48 Å². The summed E-state index contributed by atoms with van der Waals surface area (Å²) in [6, 6.07) is 5.00. The SMILES string of the molecule is COc1ccc(C(=O)N2C3CCCC2c2nn(C)c(-c4cc(F)c(F)c(F)c4)c2C3)cn1. The number of piperidine rings is 1. The molecule has 1 amide bonds. The van der Waals surface area contributed by atoms with Crippen LogP contribution >= 0.6 is 0 Å². The van der Waals surface area contributed by atoms with Gasteiger partial charge in [0.2, 0.25) is 5.88 Å². The fraction of sp³-hybridized carbons (Fsp3) is 0.348. The van der Waals surface area contributed by atoms with Crippen molar-refractivity contribution in [1.29, 1.82) is 0 Å². The first-order valence-electron chi connectivity index (χ1n) is 10.4. The van der Waals surface area contributed by atoms with Gasteiger partial charge in [-0.15, -0.1) is 0 Å². The van der Waals surface area contributed by atoms with Gasteiger partial charge in [-0.05, 0) is 43.9 Å². The third-order valence-corrected chi connectivity index (χ3v) is 6.36. The van der Waals surface area contributed by atoms with Crippen LogP contribution < -0.4 is 4.74 Å². The molecule has 5 rings (SSSR count). The van der Waals surface area contributed by atoms with Crippen molar-refractivity contribution < 1.29 is 22.7 Å². The molecule has 1 saturated heterocycles. The van der Waals surface area contributed by atoms with Crippen LogP contribution in [0.3, 0.4) is 0 Å². The summed E-state index contributed by atoms with van der Waals surface area (Å²) in [5, 5.41) is 4.63. The Bertz CT molecular complexity index is 1190. The molecule has 3 aromatic rings. The minimum Gasteiger partial charge on any atom is -0.481 e. The lowest BCUT2D eigenvalue weighted by Crippen LogP contribution is -2.49. The zero-order valence-corrected chi connectivity index (χ0v) is 17.6. The normalized spacial score (nSPS) is 19.6. The number of rotatable bonds is 3. The van der Waals surface area contributed by atoms with Gasteiger partial charge in [0.1, 0.15) is 0 Å². The summed E-state index contributed by atoms with van der Waals surface area (Å²) in [7, 11) is 3.20. The zero-order valence-electron chi connectivity index (χ0n) is 17.6. The van der Waals surface area contributed by atoms with Crippen molar-refractivity contribution in [3.05, 3.63) is 64.7 Å². The van der Waals surface area contributed by atoms with E-state index in [0.29, 0.717) is 23.6 Å². The molecule has 4 heterocycles. The van der Waals surface area contributed by atoms with Gasteiger partial charge in [-0.25, -0.2) is 18.2 Å². The van der Waals surface area contributed by atoms with Crippen molar-refractivity contribution >= 4 is 5.91 Å². The zero-order chi connectivity index (χ0) is 22.6. The van der Waals surface area contributed by atoms with Crippen molar-refractivity contribution in [3.8, 4) is 17.1 Å². The maximum Gasteiger partial charge on any atom is 0.256 e. The van der Waals surface area contributed by atoms with E-state index in [2.05, 4.69) is 10.1 Å². The van der Waals surface area contributed by atoms with Crippen molar-refractivity contribution in [2.24, 2.45) is 7.05 Å². The van der Waals surface area contributed by atoms with Crippen LogP contribution in [0.4, 0.5) is 13.2 Å². The molecule has 0 spiro atoms. The first-order valence-corrected chi connectivity index (χ1v) is 10.4. The molecule has 0 saturated carbocycles. The quantitative estimate of drug-likeness (QED) is 0.571. The van der Waals surface area contributed by atoms with E-state index in [4.69, 9.17) is 4.74 Å². The van der Waals surface area contributed by atoms with E-state index in [1.54, 1.807) is 23.9 Å². The monoisotopic (exact) mass is 442 g/mol. The second kappa shape index (κ2) is 7.65. The Balaban J connectivity index is 1.56. The summed E-state index contributed by atoms with van der Waals surface area (Å²) >= 11 is 0. The molecular formula is C23H21F3N4O2. The van der Waals surface area contributed by atoms with Crippen molar-refractivity contribution in [2.75, 3.05) is 7.11 Å². The molecular weight excluding hydrogens is 421 g/mol. The first kappa shape index (κ1) is 20.5. The number of nitrogens with zero attached hydrogens (tertiary/aromatic N) is 4. The molecule has 0 radical (unpaired) electrons. The number of ether oxygens (including phenoxy) is 1. The van der Waals surface area contributed by atoms with Crippen LogP contribution in [0.1, 0.15) is 46.9 Å². The predicted octanol–water partition coefficient (Wildman–Crippen LogP) is 4.20. The third-order valence-electron chi connectivity index (χ3n) is 6.36. The Labute approximate surface area is 182 Å². The molecule has 0 N–H and O–H groups in total. The van der Waals surface area contributed by atoms with E-state index in [1.165, 1.54) is 13.3 Å². The maximum atomic E-state index is 13.9. The number of hydrogen-bond acceptors (Lipinski definition) is 4. The molecule has 2 aromatic heterocycles. The average Bonchev–Trinajstić information content (AvgIpc) is 3.12. The summed E-state index contributed by atoms with van der Waals surface area (Å²) in [5.41, 5.74) is 2.82. The van der Waals surface area contributed by atoms with Crippen LogP contribution in [-0.2, 0) is 13.5 Å². The topological polar surface area (TPSA) is 60.2 Å². The minimum absolute atomic E-state index is 0.0751. The molecule has 6 nitrogen and oxygen atoms in total. The Morgan fingerprint density at radius 2 is 1.91 bits per heavy atom. The summed E-state index contributed by atoms with van der Waals surface area (Å²) < 4.78 is 48.0. The minimum atomic E-state index is -1.49. The molecule has 1 aromatic carbocycles. The van der Waals surface area contributed by atoms with Crippen molar-refractivity contribution in [2.45, 2.75) is 37.8 Å². The van der Waals surface area contributed by atoms with Crippen LogP contribution in [0.15, 0.2) is 30.5 Å². The van der Waals surface area contributed by atoms with Crippen molar-refractivity contribution in [1.82, 2.24) is 19.7 Å². The first-order chi connectivity index (χ1) is 15.4. The number of carbonyl (C=O) groups excluding carboxylic acids is 1. The summed E-state index contributed by atoms with van der Waals surface area (Å²) in [4.78, 5) is 19.4. The van der Waals surface area contributed by atoms with Gasteiger partial charge in [0.05, 0.1) is 30.1 Å². The highest BCUT2D eigenvalue weighted by molar-refractivity contribution is 5.95. The molecule has 2 atom stereocenters. The predicted molar refractivity (Wildman–Crippen MR) is 110 cm³/mol. The Morgan fingerprint density at radius 3 is 2.56 bits per heavy atom. The number of methoxy groups -OCH3 is 1. The number of aryl methyl sites for hydroxylation is 1. The molecule has 2 unspecified atom stereocenters. The van der Waals surface area contributed by atoms with Crippen LogP contribution in [-0.4, -0.2) is 38.7 Å². The number of benzene rings is 1. The molecule has 0 aliphatic carbocycles. The van der Waals surface area contributed by atoms with Crippen LogP contribution in [0.5, 0.6) is 5.88 Å². The van der Waals surface area contributed by atoms with E-state index in [-0.39, 0.29) is 23.6 Å². The molecule has 2 aliphatic rings. The van der Waals surface area contributed by atoms with E-state index >= 15 is 0 Å². The van der Waals surface area contributed by atoms with E-state index in [0.717, 1.165) is 42.7 Å². The van der Waals surface area contributed by atoms with E-state index in [9.17, 15) is 18.0 Å². The van der Waals surface area contributed by atoms with Gasteiger partial charge in [-0.1, -0.05) is 0 Å². The fourth-order valence-electron chi connectivity index (χ4n) is 4.98. The number of amides is 1. The number of halogens is 3. The van der Waals surface area contributed by atoms with Gasteiger partial charge in [0, 0.05) is 36.5 Å². The number of hydrogen-bond donors (Lipinski definition) is 0. The number of aromatic nitrogens is 3. The van der Waals surface area contributed by atoms with Crippen LogP contribution in [0, 0.1) is 17.5 Å². The lowest BCUT2D eigenvalue weighted by molar-refractivity contribution is 0.0391. The molecule has 1 fully saturated rings. The lowest BCUT2D eigenvalue weighted by atomic mass is 9.81. The maximum absolute atomic E-state index is 13.9. The number of carbonyl (C=O) groups is 1. The standard InChI is InChI=1S/C23H21F3N4O2/c1-29-22(13-8-16(24)20(26)17(25)9-13)15-10-14-4-3-5-18(21(15)28-29)30(14)23(31)12-6-7-19(32-2)27-11-12/h6-9,11,14,18H,3-5,10H2,1-2H3. The van der Waals surface area contributed by atoms with E-state index < -0.39 is 17.5 Å². The molecule has 9 heteroatoms. The Kier molecular flexibility index (Phi) is 4.91. The van der Waals surface area contributed by atoms with E-state index in [1.807, 2.05) is 4.90 Å². The number of fused-ring (bicyclic) bond motifs is 4. The second-order valence-electron chi connectivity index (χ2n) is 8.20. The highest BCUT2D eigenvalue weighted by Gasteiger charge is 2.43. The number of pyridine rings is 1. The molecule has 2 aliphatic heterocycles. The Morgan fingerprint density at radius 1 is 1.16 bits per heavy atom. The largest absolute Gasteiger partial charge is 0.481 e. The van der Waals surface area contributed by atoms with Gasteiger partial charge in [-0.2, -0.15) is 5.10 Å². The summed E-state index contributed by atoms with van der Waals surface area (Å²) in [6.07, 6.45) is 4.50. The third kappa shape index (κ3) is 3.14. The summed E-state index contributed by atoms with van der Waals surface area (Å²) in [5.74, 6) is -3.68. The lowest BCUT2D eigenvalue weighted by Gasteiger charge is -2.45. The average molecular weight is 442 g/mol. The smallest absolute Gasteiger partial charge is 0.256 e. The fourth-order valence-corrected chi connectivity index (χ4v) is 4.98. The van der Waals surface area contributed by atoms with Crippen molar-refractivity contribution in [3.63, 3.8) is 0 Å². The molecule has 32 heavy (non-hydrogen) atoms. The van der Waals surface area contributed by atoms with Crippen LogP contribution in [0.2, 0.25) is 0 Å². The molecule has 166 valence electrons. The summed E-state index contributed by atoms with van der Waals surface area (Å²) in [6.45, 7) is 0. The van der Waals surface area contributed by atoms with Gasteiger partial charge >= 0.3 is 0 Å². The van der Waals surface area contributed by atoms with Crippen LogP contribution in [0.25, 0.3) is 11.3 Å². The van der Waals surface area contributed by atoms with Gasteiger partial charge in [0.25, 0.3) is 5.91 Å². The highest BCUT2D eigenvalue weighted by Crippen LogP contribution is 2.45. The second-order valence-corrected chi connectivity index (χ2v) is 8.20. The van der Waals surface area contributed by atoms with Gasteiger partial charge in [0.15, 0.2) is 17.5 Å². The molecule has 2 bridgehead atoms.